The fraction of sp³-hybridized carbons (Fsp3) is 0.765. The monoisotopic (exact) mass is 294 g/mol. The quantitative estimate of drug-likeness (QED) is 0.855. The van der Waals surface area contributed by atoms with Gasteiger partial charge in [-0.2, -0.15) is 0 Å². The highest BCUT2D eigenvalue weighted by molar-refractivity contribution is 7.09. The first kappa shape index (κ1) is 16.0. The van der Waals surface area contributed by atoms with Crippen LogP contribution < -0.4 is 5.73 Å². The smallest absolute Gasteiger partial charge is 0.0330 e. The van der Waals surface area contributed by atoms with Gasteiger partial charge in [-0.25, -0.2) is 0 Å². The zero-order valence-electron chi connectivity index (χ0n) is 13.2. The Morgan fingerprint density at radius 2 is 2.20 bits per heavy atom. The third-order valence-corrected chi connectivity index (χ3v) is 5.73. The molecule has 3 heteroatoms. The summed E-state index contributed by atoms with van der Waals surface area (Å²) < 4.78 is 0. The predicted octanol–water partition coefficient (Wildman–Crippen LogP) is 4.11. The van der Waals surface area contributed by atoms with E-state index in [1.54, 1.807) is 0 Å². The molecule has 0 spiro atoms. The number of hydrogen-bond acceptors (Lipinski definition) is 3. The number of thiophene rings is 1. The molecule has 1 fully saturated rings. The maximum atomic E-state index is 6.39. The molecule has 1 aliphatic carbocycles. The van der Waals surface area contributed by atoms with Crippen LogP contribution in [-0.4, -0.2) is 23.5 Å². The SMILES string of the molecule is CCC1CCC(N)C(CN(Cc2cccs2)C(C)C)C1. The van der Waals surface area contributed by atoms with Gasteiger partial charge in [0.05, 0.1) is 0 Å². The zero-order valence-corrected chi connectivity index (χ0v) is 14.0. The second kappa shape index (κ2) is 7.58. The number of rotatable bonds is 6. The third kappa shape index (κ3) is 4.31. The first-order chi connectivity index (χ1) is 9.60. The lowest BCUT2D eigenvalue weighted by atomic mass is 9.77. The van der Waals surface area contributed by atoms with Crippen LogP contribution in [0.1, 0.15) is 51.3 Å². The summed E-state index contributed by atoms with van der Waals surface area (Å²) in [6, 6.07) is 5.39. The Labute approximate surface area is 128 Å². The van der Waals surface area contributed by atoms with Crippen molar-refractivity contribution in [3.8, 4) is 0 Å². The van der Waals surface area contributed by atoms with Gasteiger partial charge in [-0.3, -0.25) is 4.90 Å². The molecule has 0 bridgehead atoms. The van der Waals surface area contributed by atoms with Crippen LogP contribution in [0.3, 0.4) is 0 Å². The molecule has 3 atom stereocenters. The lowest BCUT2D eigenvalue weighted by Gasteiger charge is -2.38. The van der Waals surface area contributed by atoms with Crippen molar-refractivity contribution in [2.45, 2.75) is 65.1 Å². The fourth-order valence-corrected chi connectivity index (χ4v) is 4.06. The summed E-state index contributed by atoms with van der Waals surface area (Å²) >= 11 is 1.86. The highest BCUT2D eigenvalue weighted by Gasteiger charge is 2.29. The topological polar surface area (TPSA) is 29.3 Å². The van der Waals surface area contributed by atoms with Crippen molar-refractivity contribution >= 4 is 11.3 Å². The summed E-state index contributed by atoms with van der Waals surface area (Å²) in [5, 5.41) is 2.17. The van der Waals surface area contributed by atoms with Crippen LogP contribution in [0.4, 0.5) is 0 Å². The minimum Gasteiger partial charge on any atom is -0.327 e. The van der Waals surface area contributed by atoms with E-state index >= 15 is 0 Å². The highest BCUT2D eigenvalue weighted by Crippen LogP contribution is 2.31. The Kier molecular flexibility index (Phi) is 6.06. The molecular weight excluding hydrogens is 264 g/mol. The zero-order chi connectivity index (χ0) is 14.5. The molecule has 0 aromatic carbocycles. The molecule has 2 N–H and O–H groups in total. The molecule has 20 heavy (non-hydrogen) atoms. The molecule has 0 radical (unpaired) electrons. The minimum atomic E-state index is 0.405. The molecular formula is C17H30N2S. The highest BCUT2D eigenvalue weighted by atomic mass is 32.1. The number of nitrogens with two attached hydrogens (primary N) is 1. The second-order valence-corrected chi connectivity index (χ2v) is 7.65. The van der Waals surface area contributed by atoms with Crippen molar-refractivity contribution in [2.24, 2.45) is 17.6 Å². The maximum Gasteiger partial charge on any atom is 0.0330 e. The van der Waals surface area contributed by atoms with Gasteiger partial charge >= 0.3 is 0 Å². The van der Waals surface area contributed by atoms with E-state index in [2.05, 4.69) is 43.2 Å². The van der Waals surface area contributed by atoms with Crippen LogP contribution in [0.2, 0.25) is 0 Å². The summed E-state index contributed by atoms with van der Waals surface area (Å²) in [6.07, 6.45) is 5.19. The molecule has 0 amide bonds. The molecule has 2 rings (SSSR count). The lowest BCUT2D eigenvalue weighted by Crippen LogP contribution is -2.44. The van der Waals surface area contributed by atoms with E-state index in [4.69, 9.17) is 5.73 Å². The van der Waals surface area contributed by atoms with Crippen LogP contribution in [0.25, 0.3) is 0 Å². The second-order valence-electron chi connectivity index (χ2n) is 6.61. The average molecular weight is 295 g/mol. The van der Waals surface area contributed by atoms with Gasteiger partial charge in [0.2, 0.25) is 0 Å². The van der Waals surface area contributed by atoms with Crippen LogP contribution in [0.15, 0.2) is 17.5 Å². The minimum absolute atomic E-state index is 0.405. The van der Waals surface area contributed by atoms with E-state index in [9.17, 15) is 0 Å². The Hall–Kier alpha value is -0.380. The van der Waals surface area contributed by atoms with Crippen molar-refractivity contribution in [3.63, 3.8) is 0 Å². The molecule has 1 aliphatic rings. The lowest BCUT2D eigenvalue weighted by molar-refractivity contribution is 0.127. The van der Waals surface area contributed by atoms with Gasteiger partial charge in [0.25, 0.3) is 0 Å². The van der Waals surface area contributed by atoms with Crippen molar-refractivity contribution in [3.05, 3.63) is 22.4 Å². The summed E-state index contributed by atoms with van der Waals surface area (Å²) in [7, 11) is 0. The molecule has 1 aromatic heterocycles. The van der Waals surface area contributed by atoms with E-state index in [0.29, 0.717) is 18.0 Å². The van der Waals surface area contributed by atoms with Gasteiger partial charge in [-0.05, 0) is 56.4 Å². The van der Waals surface area contributed by atoms with Crippen LogP contribution >= 0.6 is 11.3 Å². The Balaban J connectivity index is 1.96. The Bertz CT molecular complexity index is 374. The molecule has 0 aliphatic heterocycles. The normalized spacial score (nSPS) is 27.4. The van der Waals surface area contributed by atoms with E-state index < -0.39 is 0 Å². The maximum absolute atomic E-state index is 6.39. The number of hydrogen-bond donors (Lipinski definition) is 1. The molecule has 1 saturated carbocycles. The predicted molar refractivity (Wildman–Crippen MR) is 89.0 cm³/mol. The van der Waals surface area contributed by atoms with Crippen molar-refractivity contribution < 1.29 is 0 Å². The van der Waals surface area contributed by atoms with Gasteiger partial charge in [0.15, 0.2) is 0 Å². The molecule has 3 unspecified atom stereocenters. The summed E-state index contributed by atoms with van der Waals surface area (Å²) in [4.78, 5) is 4.07. The Morgan fingerprint density at radius 3 is 2.80 bits per heavy atom. The third-order valence-electron chi connectivity index (χ3n) is 4.87. The Morgan fingerprint density at radius 1 is 1.40 bits per heavy atom. The summed E-state index contributed by atoms with van der Waals surface area (Å²) in [5.41, 5.74) is 6.39. The van der Waals surface area contributed by atoms with Gasteiger partial charge in [-0.1, -0.05) is 19.4 Å². The average Bonchev–Trinajstić information content (AvgIpc) is 2.93. The molecule has 0 saturated heterocycles. The van der Waals surface area contributed by atoms with Crippen LogP contribution in [0.5, 0.6) is 0 Å². The van der Waals surface area contributed by atoms with Crippen molar-refractivity contribution in [2.75, 3.05) is 6.54 Å². The standard InChI is InChI=1S/C17H30N2S/c1-4-14-7-8-17(18)15(10-14)11-19(13(2)3)12-16-6-5-9-20-16/h5-6,9,13-15,17H,4,7-8,10-12,18H2,1-3H3. The van der Waals surface area contributed by atoms with E-state index in [1.807, 2.05) is 11.3 Å². The van der Waals surface area contributed by atoms with Gasteiger partial charge < -0.3 is 5.73 Å². The van der Waals surface area contributed by atoms with Crippen LogP contribution in [0, 0.1) is 11.8 Å². The van der Waals surface area contributed by atoms with Gasteiger partial charge in [0.1, 0.15) is 0 Å². The molecule has 1 heterocycles. The summed E-state index contributed by atoms with van der Waals surface area (Å²) in [5.74, 6) is 1.58. The van der Waals surface area contributed by atoms with E-state index in [0.717, 1.165) is 19.0 Å². The van der Waals surface area contributed by atoms with E-state index in [-0.39, 0.29) is 0 Å². The first-order valence-corrected chi connectivity index (χ1v) is 9.00. The van der Waals surface area contributed by atoms with Crippen molar-refractivity contribution in [1.29, 1.82) is 0 Å². The first-order valence-electron chi connectivity index (χ1n) is 8.12. The van der Waals surface area contributed by atoms with E-state index in [1.165, 1.54) is 30.6 Å². The molecule has 2 nitrogen and oxygen atoms in total. The van der Waals surface area contributed by atoms with Gasteiger partial charge in [-0.15, -0.1) is 11.3 Å². The van der Waals surface area contributed by atoms with Crippen LogP contribution in [-0.2, 0) is 6.54 Å². The summed E-state index contributed by atoms with van der Waals surface area (Å²) in [6.45, 7) is 9.17. The van der Waals surface area contributed by atoms with Crippen molar-refractivity contribution in [1.82, 2.24) is 4.90 Å². The number of nitrogens with zero attached hydrogens (tertiary/aromatic N) is 1. The fourth-order valence-electron chi connectivity index (χ4n) is 3.33. The van der Waals surface area contributed by atoms with Gasteiger partial charge in [0, 0.05) is 30.1 Å². The molecule has 114 valence electrons. The largest absolute Gasteiger partial charge is 0.327 e. The molecule has 1 aromatic rings.